The quantitative estimate of drug-likeness (QED) is 0.491. The Morgan fingerprint density at radius 2 is 2.00 bits per heavy atom. The summed E-state index contributed by atoms with van der Waals surface area (Å²) >= 11 is 0. The Labute approximate surface area is 96.7 Å². The standard InChI is InChI=1S/C11H22N2O3/c1-4-16-9(14)6-5-7-13-11(15)10(12)8(2)3/h8,10H,4-7,12H2,1-3H3,(H,13,15)/t10-/m1/s1. The van der Waals surface area contributed by atoms with E-state index in [2.05, 4.69) is 5.32 Å². The van der Waals surface area contributed by atoms with E-state index in [-0.39, 0.29) is 17.8 Å². The zero-order chi connectivity index (χ0) is 12.6. The molecule has 5 heteroatoms. The van der Waals surface area contributed by atoms with Gasteiger partial charge in [0.1, 0.15) is 0 Å². The Morgan fingerprint density at radius 3 is 2.50 bits per heavy atom. The van der Waals surface area contributed by atoms with Gasteiger partial charge in [-0.3, -0.25) is 9.59 Å². The first kappa shape index (κ1) is 14.9. The summed E-state index contributed by atoms with van der Waals surface area (Å²) in [4.78, 5) is 22.4. The summed E-state index contributed by atoms with van der Waals surface area (Å²) in [6.45, 7) is 6.40. The van der Waals surface area contributed by atoms with Crippen LogP contribution >= 0.6 is 0 Å². The summed E-state index contributed by atoms with van der Waals surface area (Å²) in [5.41, 5.74) is 5.65. The van der Waals surface area contributed by atoms with Crippen LogP contribution in [0.15, 0.2) is 0 Å². The number of hydrogen-bond donors (Lipinski definition) is 2. The third kappa shape index (κ3) is 6.40. The number of ether oxygens (including phenoxy) is 1. The molecule has 0 rings (SSSR count). The van der Waals surface area contributed by atoms with Crippen LogP contribution in [0.25, 0.3) is 0 Å². The van der Waals surface area contributed by atoms with E-state index in [1.165, 1.54) is 0 Å². The fourth-order valence-electron chi connectivity index (χ4n) is 1.10. The molecule has 0 fully saturated rings. The van der Waals surface area contributed by atoms with E-state index in [4.69, 9.17) is 10.5 Å². The van der Waals surface area contributed by atoms with Crippen LogP contribution in [0.4, 0.5) is 0 Å². The van der Waals surface area contributed by atoms with Crippen molar-refractivity contribution in [2.45, 2.75) is 39.7 Å². The van der Waals surface area contributed by atoms with Crippen LogP contribution in [0.3, 0.4) is 0 Å². The molecule has 16 heavy (non-hydrogen) atoms. The normalized spacial score (nSPS) is 12.3. The van der Waals surface area contributed by atoms with Gasteiger partial charge in [-0.2, -0.15) is 0 Å². The maximum atomic E-state index is 11.4. The average Bonchev–Trinajstić information content (AvgIpc) is 2.23. The molecule has 0 saturated heterocycles. The Balaban J connectivity index is 3.59. The molecule has 0 aliphatic heterocycles. The zero-order valence-electron chi connectivity index (χ0n) is 10.3. The zero-order valence-corrected chi connectivity index (χ0v) is 10.3. The minimum absolute atomic E-state index is 0.116. The molecule has 1 amide bonds. The molecule has 0 saturated carbocycles. The molecular weight excluding hydrogens is 208 g/mol. The number of amides is 1. The minimum Gasteiger partial charge on any atom is -0.466 e. The first-order chi connectivity index (χ1) is 7.49. The fourth-order valence-corrected chi connectivity index (χ4v) is 1.10. The van der Waals surface area contributed by atoms with Crippen molar-refractivity contribution < 1.29 is 14.3 Å². The number of rotatable bonds is 7. The Hall–Kier alpha value is -1.10. The lowest BCUT2D eigenvalue weighted by Gasteiger charge is -2.14. The van der Waals surface area contributed by atoms with Crippen molar-refractivity contribution >= 4 is 11.9 Å². The average molecular weight is 230 g/mol. The van der Waals surface area contributed by atoms with E-state index < -0.39 is 6.04 Å². The Bertz CT molecular complexity index is 229. The van der Waals surface area contributed by atoms with Gasteiger partial charge in [-0.1, -0.05) is 13.8 Å². The summed E-state index contributed by atoms with van der Waals surface area (Å²) in [6.07, 6.45) is 0.903. The van der Waals surface area contributed by atoms with Gasteiger partial charge in [0.2, 0.25) is 5.91 Å². The molecule has 94 valence electrons. The smallest absolute Gasteiger partial charge is 0.305 e. The lowest BCUT2D eigenvalue weighted by atomic mass is 10.1. The van der Waals surface area contributed by atoms with Gasteiger partial charge < -0.3 is 15.8 Å². The second kappa shape index (κ2) is 8.10. The lowest BCUT2D eigenvalue weighted by Crippen LogP contribution is -2.44. The highest BCUT2D eigenvalue weighted by atomic mass is 16.5. The number of esters is 1. The Morgan fingerprint density at radius 1 is 1.38 bits per heavy atom. The molecule has 0 aromatic heterocycles. The van der Waals surface area contributed by atoms with Crippen LogP contribution in [0.2, 0.25) is 0 Å². The molecule has 0 bridgehead atoms. The molecule has 1 atom stereocenters. The van der Waals surface area contributed by atoms with Crippen molar-refractivity contribution in [3.8, 4) is 0 Å². The predicted octanol–water partition coefficient (Wildman–Crippen LogP) is 0.429. The van der Waals surface area contributed by atoms with Crippen molar-refractivity contribution in [2.75, 3.05) is 13.2 Å². The molecule has 0 aliphatic rings. The van der Waals surface area contributed by atoms with Crippen molar-refractivity contribution in [1.29, 1.82) is 0 Å². The summed E-state index contributed by atoms with van der Waals surface area (Å²) < 4.78 is 4.76. The van der Waals surface area contributed by atoms with E-state index in [0.717, 1.165) is 0 Å². The summed E-state index contributed by atoms with van der Waals surface area (Å²) in [5.74, 6) is -0.283. The van der Waals surface area contributed by atoms with Gasteiger partial charge in [0.25, 0.3) is 0 Å². The third-order valence-electron chi connectivity index (χ3n) is 2.18. The minimum atomic E-state index is -0.484. The molecule has 0 heterocycles. The number of nitrogens with two attached hydrogens (primary N) is 1. The molecule has 3 N–H and O–H groups in total. The molecule has 0 spiro atoms. The van der Waals surface area contributed by atoms with E-state index in [9.17, 15) is 9.59 Å². The highest BCUT2D eigenvalue weighted by molar-refractivity contribution is 5.81. The van der Waals surface area contributed by atoms with E-state index in [1.54, 1.807) is 6.92 Å². The van der Waals surface area contributed by atoms with Crippen molar-refractivity contribution in [2.24, 2.45) is 11.7 Å². The number of carbonyl (C=O) groups excluding carboxylic acids is 2. The number of hydrogen-bond acceptors (Lipinski definition) is 4. The monoisotopic (exact) mass is 230 g/mol. The van der Waals surface area contributed by atoms with Gasteiger partial charge in [-0.15, -0.1) is 0 Å². The van der Waals surface area contributed by atoms with Gasteiger partial charge in [-0.25, -0.2) is 0 Å². The van der Waals surface area contributed by atoms with Crippen LogP contribution in [0.5, 0.6) is 0 Å². The largest absolute Gasteiger partial charge is 0.466 e. The van der Waals surface area contributed by atoms with Crippen LogP contribution in [-0.2, 0) is 14.3 Å². The molecule has 0 aromatic carbocycles. The van der Waals surface area contributed by atoms with E-state index in [0.29, 0.717) is 26.0 Å². The molecular formula is C11H22N2O3. The van der Waals surface area contributed by atoms with Crippen molar-refractivity contribution in [1.82, 2.24) is 5.32 Å². The van der Waals surface area contributed by atoms with Crippen LogP contribution in [0, 0.1) is 5.92 Å². The SMILES string of the molecule is CCOC(=O)CCCNC(=O)[C@H](N)C(C)C. The van der Waals surface area contributed by atoms with Crippen LogP contribution in [-0.4, -0.2) is 31.1 Å². The van der Waals surface area contributed by atoms with Crippen molar-refractivity contribution in [3.63, 3.8) is 0 Å². The van der Waals surface area contributed by atoms with E-state index >= 15 is 0 Å². The molecule has 0 aromatic rings. The van der Waals surface area contributed by atoms with Crippen LogP contribution < -0.4 is 11.1 Å². The molecule has 0 aliphatic carbocycles. The highest BCUT2D eigenvalue weighted by Crippen LogP contribution is 1.98. The number of carbonyl (C=O) groups is 2. The van der Waals surface area contributed by atoms with E-state index in [1.807, 2.05) is 13.8 Å². The van der Waals surface area contributed by atoms with Gasteiger partial charge >= 0.3 is 5.97 Å². The lowest BCUT2D eigenvalue weighted by molar-refractivity contribution is -0.143. The highest BCUT2D eigenvalue weighted by Gasteiger charge is 2.16. The van der Waals surface area contributed by atoms with Crippen LogP contribution in [0.1, 0.15) is 33.6 Å². The van der Waals surface area contributed by atoms with Gasteiger partial charge in [-0.05, 0) is 19.3 Å². The summed E-state index contributed by atoms with van der Waals surface area (Å²) in [6, 6.07) is -0.484. The molecule has 0 radical (unpaired) electrons. The Kier molecular flexibility index (Phi) is 7.54. The summed E-state index contributed by atoms with van der Waals surface area (Å²) in [5, 5.41) is 2.69. The first-order valence-electron chi connectivity index (χ1n) is 5.68. The predicted molar refractivity (Wildman–Crippen MR) is 61.7 cm³/mol. The van der Waals surface area contributed by atoms with Crippen molar-refractivity contribution in [3.05, 3.63) is 0 Å². The first-order valence-corrected chi connectivity index (χ1v) is 5.68. The van der Waals surface area contributed by atoms with Gasteiger partial charge in [0, 0.05) is 13.0 Å². The maximum absolute atomic E-state index is 11.4. The molecule has 5 nitrogen and oxygen atoms in total. The number of nitrogens with one attached hydrogen (secondary N) is 1. The molecule has 0 unspecified atom stereocenters. The fraction of sp³-hybridized carbons (Fsp3) is 0.818. The third-order valence-corrected chi connectivity index (χ3v) is 2.18. The van der Waals surface area contributed by atoms with Gasteiger partial charge in [0.15, 0.2) is 0 Å². The summed E-state index contributed by atoms with van der Waals surface area (Å²) in [7, 11) is 0. The topological polar surface area (TPSA) is 81.4 Å². The second-order valence-corrected chi connectivity index (χ2v) is 3.97. The second-order valence-electron chi connectivity index (χ2n) is 3.97. The van der Waals surface area contributed by atoms with Gasteiger partial charge in [0.05, 0.1) is 12.6 Å². The maximum Gasteiger partial charge on any atom is 0.305 e.